The zero-order valence-electron chi connectivity index (χ0n) is 10.1. The average molecular weight is 254 g/mol. The highest BCUT2D eigenvalue weighted by molar-refractivity contribution is 6.01. The average Bonchev–Trinajstić information content (AvgIpc) is 3.04. The summed E-state index contributed by atoms with van der Waals surface area (Å²) in [5, 5.41) is 11.0. The van der Waals surface area contributed by atoms with Crippen molar-refractivity contribution in [2.24, 2.45) is 0 Å². The summed E-state index contributed by atoms with van der Waals surface area (Å²) in [6.07, 6.45) is 3.99. The quantitative estimate of drug-likeness (QED) is 0.530. The minimum atomic E-state index is -0.143. The monoisotopic (exact) mass is 254 g/mol. The Morgan fingerprint density at radius 1 is 1.32 bits per heavy atom. The first kappa shape index (κ1) is 10.2. The summed E-state index contributed by atoms with van der Waals surface area (Å²) in [4.78, 5) is 21.1. The molecule has 7 nitrogen and oxygen atoms in total. The van der Waals surface area contributed by atoms with Gasteiger partial charge in [0.05, 0.1) is 22.5 Å². The van der Waals surface area contributed by atoms with E-state index in [1.807, 2.05) is 13.0 Å². The lowest BCUT2D eigenvalue weighted by molar-refractivity contribution is 0.868. The number of pyridine rings is 1. The molecule has 2 N–H and O–H groups in total. The number of aromatic amines is 2. The SMILES string of the molecule is CCc1cc2nc3c(cnc4[nH]ncc43)c(=O)n2[nH]1. The Hall–Kier alpha value is -2.70. The Bertz CT molecular complexity index is 976. The molecule has 4 aromatic heterocycles. The highest BCUT2D eigenvalue weighted by Gasteiger charge is 2.12. The number of rotatable bonds is 1. The molecule has 0 fully saturated rings. The third-order valence-corrected chi connectivity index (χ3v) is 3.28. The Balaban J connectivity index is 2.28. The number of hydrogen-bond acceptors (Lipinski definition) is 4. The van der Waals surface area contributed by atoms with E-state index in [9.17, 15) is 4.79 Å². The minimum Gasteiger partial charge on any atom is -0.294 e. The molecular formula is C12H10N6O. The lowest BCUT2D eigenvalue weighted by Gasteiger charge is -1.99. The molecular weight excluding hydrogens is 244 g/mol. The molecule has 7 heteroatoms. The summed E-state index contributed by atoms with van der Waals surface area (Å²) in [6, 6.07) is 1.88. The molecule has 0 saturated heterocycles. The van der Waals surface area contributed by atoms with Gasteiger partial charge in [0.1, 0.15) is 0 Å². The third-order valence-electron chi connectivity index (χ3n) is 3.28. The summed E-state index contributed by atoms with van der Waals surface area (Å²) in [5.74, 6) is 0. The van der Waals surface area contributed by atoms with Gasteiger partial charge in [0, 0.05) is 18.0 Å². The van der Waals surface area contributed by atoms with Crippen molar-refractivity contribution in [2.45, 2.75) is 13.3 Å². The van der Waals surface area contributed by atoms with Gasteiger partial charge in [-0.3, -0.25) is 15.0 Å². The highest BCUT2D eigenvalue weighted by Crippen LogP contribution is 2.18. The second-order valence-corrected chi connectivity index (χ2v) is 4.40. The molecule has 94 valence electrons. The van der Waals surface area contributed by atoms with Crippen LogP contribution in [0.2, 0.25) is 0 Å². The van der Waals surface area contributed by atoms with Gasteiger partial charge in [-0.15, -0.1) is 0 Å². The molecule has 4 aromatic rings. The minimum absolute atomic E-state index is 0.143. The lowest BCUT2D eigenvalue weighted by Crippen LogP contribution is -2.15. The Morgan fingerprint density at radius 3 is 3.05 bits per heavy atom. The van der Waals surface area contributed by atoms with Crippen LogP contribution in [-0.2, 0) is 6.42 Å². The van der Waals surface area contributed by atoms with E-state index >= 15 is 0 Å². The first-order valence-corrected chi connectivity index (χ1v) is 6.00. The Kier molecular flexibility index (Phi) is 1.84. The van der Waals surface area contributed by atoms with E-state index in [-0.39, 0.29) is 5.56 Å². The van der Waals surface area contributed by atoms with Gasteiger partial charge in [-0.1, -0.05) is 6.92 Å². The van der Waals surface area contributed by atoms with Gasteiger partial charge >= 0.3 is 0 Å². The lowest BCUT2D eigenvalue weighted by atomic mass is 10.2. The van der Waals surface area contributed by atoms with Crippen molar-refractivity contribution in [2.75, 3.05) is 0 Å². The molecule has 0 bridgehead atoms. The Morgan fingerprint density at radius 2 is 2.21 bits per heavy atom. The van der Waals surface area contributed by atoms with Gasteiger partial charge in [-0.25, -0.2) is 14.5 Å². The summed E-state index contributed by atoms with van der Waals surface area (Å²) in [5.41, 5.74) is 2.70. The second kappa shape index (κ2) is 3.41. The number of nitrogens with zero attached hydrogens (tertiary/aromatic N) is 4. The number of aromatic nitrogens is 6. The fraction of sp³-hybridized carbons (Fsp3) is 0.167. The normalized spacial score (nSPS) is 11.8. The van der Waals surface area contributed by atoms with E-state index in [0.29, 0.717) is 22.2 Å². The molecule has 0 atom stereocenters. The molecule has 0 spiro atoms. The van der Waals surface area contributed by atoms with Crippen molar-refractivity contribution in [3.63, 3.8) is 0 Å². The predicted octanol–water partition coefficient (Wildman–Crippen LogP) is 1.01. The molecule has 0 saturated carbocycles. The summed E-state index contributed by atoms with van der Waals surface area (Å²) in [7, 11) is 0. The molecule has 0 radical (unpaired) electrons. The van der Waals surface area contributed by atoms with E-state index in [2.05, 4.69) is 25.3 Å². The molecule has 19 heavy (non-hydrogen) atoms. The van der Waals surface area contributed by atoms with Gasteiger partial charge in [0.25, 0.3) is 5.56 Å². The standard InChI is InChI=1S/C12H10N6O/c1-2-6-3-9-15-10-7-5-14-16-11(7)13-4-8(10)12(19)18(9)17-6/h3-5,17H,2H2,1H3,(H,13,14,16). The predicted molar refractivity (Wildman–Crippen MR) is 70.1 cm³/mol. The molecule has 0 aliphatic rings. The maximum atomic E-state index is 12.4. The van der Waals surface area contributed by atoms with Crippen LogP contribution in [0.3, 0.4) is 0 Å². The number of fused-ring (bicyclic) bond motifs is 4. The van der Waals surface area contributed by atoms with Crippen molar-refractivity contribution in [3.8, 4) is 0 Å². The summed E-state index contributed by atoms with van der Waals surface area (Å²) >= 11 is 0. The fourth-order valence-corrected chi connectivity index (χ4v) is 2.27. The van der Waals surface area contributed by atoms with Crippen molar-refractivity contribution < 1.29 is 0 Å². The smallest absolute Gasteiger partial charge is 0.282 e. The van der Waals surface area contributed by atoms with Crippen LogP contribution >= 0.6 is 0 Å². The topological polar surface area (TPSA) is 91.7 Å². The molecule has 0 unspecified atom stereocenters. The van der Waals surface area contributed by atoms with Crippen molar-refractivity contribution in [1.29, 1.82) is 0 Å². The molecule has 0 aliphatic carbocycles. The van der Waals surface area contributed by atoms with Gasteiger partial charge < -0.3 is 0 Å². The van der Waals surface area contributed by atoms with Crippen molar-refractivity contribution in [3.05, 3.63) is 34.5 Å². The van der Waals surface area contributed by atoms with Gasteiger partial charge in [-0.05, 0) is 6.42 Å². The van der Waals surface area contributed by atoms with E-state index in [4.69, 9.17) is 0 Å². The molecule has 4 rings (SSSR count). The number of H-pyrrole nitrogens is 2. The summed E-state index contributed by atoms with van der Waals surface area (Å²) in [6.45, 7) is 2.02. The molecule has 0 amide bonds. The van der Waals surface area contributed by atoms with Crippen LogP contribution in [0.4, 0.5) is 0 Å². The number of hydrogen-bond donors (Lipinski definition) is 2. The molecule has 4 heterocycles. The maximum absolute atomic E-state index is 12.4. The van der Waals surface area contributed by atoms with Crippen LogP contribution in [0.1, 0.15) is 12.6 Å². The zero-order chi connectivity index (χ0) is 13.0. The van der Waals surface area contributed by atoms with Crippen LogP contribution in [0, 0.1) is 0 Å². The summed E-state index contributed by atoms with van der Waals surface area (Å²) < 4.78 is 1.45. The third kappa shape index (κ3) is 1.26. The Labute approximate surface area is 106 Å². The van der Waals surface area contributed by atoms with Crippen LogP contribution in [0.5, 0.6) is 0 Å². The van der Waals surface area contributed by atoms with Crippen molar-refractivity contribution >= 4 is 27.6 Å². The van der Waals surface area contributed by atoms with Gasteiger partial charge in [0.15, 0.2) is 11.3 Å². The first-order chi connectivity index (χ1) is 9.28. The maximum Gasteiger partial charge on any atom is 0.282 e. The van der Waals surface area contributed by atoms with E-state index in [0.717, 1.165) is 17.5 Å². The second-order valence-electron chi connectivity index (χ2n) is 4.40. The fourth-order valence-electron chi connectivity index (χ4n) is 2.27. The van der Waals surface area contributed by atoms with Crippen LogP contribution in [0.15, 0.2) is 23.3 Å². The van der Waals surface area contributed by atoms with Crippen LogP contribution < -0.4 is 5.56 Å². The van der Waals surface area contributed by atoms with E-state index < -0.39 is 0 Å². The highest BCUT2D eigenvalue weighted by atomic mass is 16.1. The van der Waals surface area contributed by atoms with Crippen LogP contribution in [0.25, 0.3) is 27.6 Å². The van der Waals surface area contributed by atoms with Gasteiger partial charge in [0.2, 0.25) is 0 Å². The van der Waals surface area contributed by atoms with Gasteiger partial charge in [-0.2, -0.15) is 5.10 Å². The van der Waals surface area contributed by atoms with Crippen molar-refractivity contribution in [1.82, 2.24) is 29.8 Å². The van der Waals surface area contributed by atoms with E-state index in [1.165, 1.54) is 10.7 Å². The van der Waals surface area contributed by atoms with Crippen LogP contribution in [-0.4, -0.2) is 29.8 Å². The number of nitrogens with one attached hydrogen (secondary N) is 2. The zero-order valence-corrected chi connectivity index (χ0v) is 10.1. The molecule has 0 aliphatic heterocycles. The largest absolute Gasteiger partial charge is 0.294 e. The molecule has 0 aromatic carbocycles. The first-order valence-electron chi connectivity index (χ1n) is 6.00. The van der Waals surface area contributed by atoms with E-state index in [1.54, 1.807) is 6.20 Å². The number of aryl methyl sites for hydroxylation is 1.